The summed E-state index contributed by atoms with van der Waals surface area (Å²) < 4.78 is 12.3. The van der Waals surface area contributed by atoms with E-state index in [-0.39, 0.29) is 12.1 Å². The lowest BCUT2D eigenvalue weighted by molar-refractivity contribution is 0.305. The summed E-state index contributed by atoms with van der Waals surface area (Å²) in [6.45, 7) is 7.64. The summed E-state index contributed by atoms with van der Waals surface area (Å²) in [4.78, 5) is 0. The standard InChI is InChI=1S/C9H17F/c1-5-6-8(2)9(3,4)7-10/h6H,5,7H2,1-4H3. The molecule has 0 N–H and O–H groups in total. The monoisotopic (exact) mass is 144 g/mol. The molecule has 0 spiro atoms. The van der Waals surface area contributed by atoms with Gasteiger partial charge in [-0.25, -0.2) is 0 Å². The molecule has 0 atom stereocenters. The molecule has 0 radical (unpaired) electrons. The van der Waals surface area contributed by atoms with E-state index in [1.54, 1.807) is 0 Å². The van der Waals surface area contributed by atoms with Crippen LogP contribution in [0.15, 0.2) is 11.6 Å². The molecule has 0 aromatic rings. The second-order valence-corrected chi connectivity index (χ2v) is 3.31. The number of alkyl halides is 1. The fourth-order valence-corrected chi connectivity index (χ4v) is 0.688. The second-order valence-electron chi connectivity index (χ2n) is 3.31. The van der Waals surface area contributed by atoms with Gasteiger partial charge in [-0.3, -0.25) is 4.39 Å². The van der Waals surface area contributed by atoms with Crippen molar-refractivity contribution < 1.29 is 4.39 Å². The van der Waals surface area contributed by atoms with Crippen LogP contribution in [0.3, 0.4) is 0 Å². The Kier molecular flexibility index (Phi) is 3.62. The molecule has 0 heterocycles. The lowest BCUT2D eigenvalue weighted by Crippen LogP contribution is -2.15. The summed E-state index contributed by atoms with van der Waals surface area (Å²) in [7, 11) is 0. The van der Waals surface area contributed by atoms with E-state index in [9.17, 15) is 4.39 Å². The lowest BCUT2D eigenvalue weighted by Gasteiger charge is -2.21. The van der Waals surface area contributed by atoms with Gasteiger partial charge < -0.3 is 0 Å². The van der Waals surface area contributed by atoms with E-state index in [0.717, 1.165) is 12.0 Å². The molecule has 0 bridgehead atoms. The first-order valence-electron chi connectivity index (χ1n) is 3.77. The van der Waals surface area contributed by atoms with Crippen LogP contribution in [0.25, 0.3) is 0 Å². The van der Waals surface area contributed by atoms with Crippen LogP contribution in [0.4, 0.5) is 4.39 Å². The SMILES string of the molecule is CCC=C(C)C(C)(C)CF. The maximum absolute atomic E-state index is 12.3. The van der Waals surface area contributed by atoms with Gasteiger partial charge >= 0.3 is 0 Å². The molecule has 10 heavy (non-hydrogen) atoms. The van der Waals surface area contributed by atoms with E-state index < -0.39 is 0 Å². The number of rotatable bonds is 3. The molecule has 0 aliphatic rings. The molecule has 0 saturated carbocycles. The van der Waals surface area contributed by atoms with Gasteiger partial charge in [0.25, 0.3) is 0 Å². The first-order valence-corrected chi connectivity index (χ1v) is 3.77. The maximum Gasteiger partial charge on any atom is 0.0982 e. The first-order chi connectivity index (χ1) is 4.54. The van der Waals surface area contributed by atoms with Crippen LogP contribution in [-0.4, -0.2) is 6.67 Å². The zero-order valence-corrected chi connectivity index (χ0v) is 7.37. The highest BCUT2D eigenvalue weighted by Gasteiger charge is 2.18. The Morgan fingerprint density at radius 1 is 1.50 bits per heavy atom. The minimum Gasteiger partial charge on any atom is -0.250 e. The van der Waals surface area contributed by atoms with Crippen LogP contribution in [0.1, 0.15) is 34.1 Å². The molecule has 0 aromatic heterocycles. The van der Waals surface area contributed by atoms with Crippen molar-refractivity contribution in [3.8, 4) is 0 Å². The first kappa shape index (κ1) is 9.67. The Morgan fingerprint density at radius 3 is 2.30 bits per heavy atom. The van der Waals surface area contributed by atoms with Gasteiger partial charge in [-0.1, -0.05) is 32.4 Å². The van der Waals surface area contributed by atoms with Crippen molar-refractivity contribution >= 4 is 0 Å². The van der Waals surface area contributed by atoms with Gasteiger partial charge in [-0.05, 0) is 13.3 Å². The Labute approximate surface area is 63.1 Å². The van der Waals surface area contributed by atoms with Gasteiger partial charge in [-0.2, -0.15) is 0 Å². The Bertz CT molecular complexity index is 123. The molecule has 0 aliphatic heterocycles. The number of allylic oxidation sites excluding steroid dienone is 2. The van der Waals surface area contributed by atoms with Gasteiger partial charge in [0.05, 0.1) is 6.67 Å². The van der Waals surface area contributed by atoms with Gasteiger partial charge in [0.2, 0.25) is 0 Å². The van der Waals surface area contributed by atoms with E-state index in [4.69, 9.17) is 0 Å². The third kappa shape index (κ3) is 2.51. The van der Waals surface area contributed by atoms with E-state index in [0.29, 0.717) is 0 Å². The summed E-state index contributed by atoms with van der Waals surface area (Å²) in [5.74, 6) is 0. The molecular formula is C9H17F. The molecule has 0 amide bonds. The van der Waals surface area contributed by atoms with Crippen LogP contribution < -0.4 is 0 Å². The van der Waals surface area contributed by atoms with Crippen molar-refractivity contribution in [2.24, 2.45) is 5.41 Å². The maximum atomic E-state index is 12.3. The van der Waals surface area contributed by atoms with E-state index in [1.807, 2.05) is 20.8 Å². The van der Waals surface area contributed by atoms with Crippen molar-refractivity contribution in [2.75, 3.05) is 6.67 Å². The predicted molar refractivity (Wildman–Crippen MR) is 43.8 cm³/mol. The van der Waals surface area contributed by atoms with Crippen molar-refractivity contribution in [2.45, 2.75) is 34.1 Å². The average molecular weight is 144 g/mol. The third-order valence-corrected chi connectivity index (χ3v) is 1.91. The summed E-state index contributed by atoms with van der Waals surface area (Å²) in [5.41, 5.74) is 0.897. The predicted octanol–water partition coefficient (Wildman–Crippen LogP) is 3.34. The molecular weight excluding hydrogens is 127 g/mol. The minimum absolute atomic E-state index is 0.254. The summed E-state index contributed by atoms with van der Waals surface area (Å²) >= 11 is 0. The fraction of sp³-hybridized carbons (Fsp3) is 0.778. The highest BCUT2D eigenvalue weighted by Crippen LogP contribution is 2.26. The average Bonchev–Trinajstić information content (AvgIpc) is 1.89. The molecule has 0 rings (SSSR count). The van der Waals surface area contributed by atoms with E-state index in [1.165, 1.54) is 0 Å². The second kappa shape index (κ2) is 3.75. The van der Waals surface area contributed by atoms with Gasteiger partial charge in [0.15, 0.2) is 0 Å². The number of hydrogen-bond acceptors (Lipinski definition) is 0. The zero-order chi connectivity index (χ0) is 8.20. The highest BCUT2D eigenvalue weighted by molar-refractivity contribution is 5.08. The topological polar surface area (TPSA) is 0 Å². The van der Waals surface area contributed by atoms with Crippen molar-refractivity contribution in [3.63, 3.8) is 0 Å². The number of halogens is 1. The van der Waals surface area contributed by atoms with Crippen molar-refractivity contribution in [3.05, 3.63) is 11.6 Å². The Morgan fingerprint density at radius 2 is 2.00 bits per heavy atom. The molecule has 60 valence electrons. The zero-order valence-electron chi connectivity index (χ0n) is 7.37. The lowest BCUT2D eigenvalue weighted by atomic mass is 9.86. The normalized spacial score (nSPS) is 13.9. The molecule has 0 unspecified atom stereocenters. The van der Waals surface area contributed by atoms with Gasteiger partial charge in [0.1, 0.15) is 0 Å². The Hall–Kier alpha value is -0.330. The van der Waals surface area contributed by atoms with Crippen LogP contribution >= 0.6 is 0 Å². The van der Waals surface area contributed by atoms with Gasteiger partial charge in [-0.15, -0.1) is 0 Å². The quantitative estimate of drug-likeness (QED) is 0.533. The molecule has 0 fully saturated rings. The van der Waals surface area contributed by atoms with E-state index >= 15 is 0 Å². The van der Waals surface area contributed by atoms with Crippen molar-refractivity contribution in [1.82, 2.24) is 0 Å². The van der Waals surface area contributed by atoms with Crippen molar-refractivity contribution in [1.29, 1.82) is 0 Å². The van der Waals surface area contributed by atoms with Crippen LogP contribution in [0, 0.1) is 5.41 Å². The van der Waals surface area contributed by atoms with Gasteiger partial charge in [0, 0.05) is 5.41 Å². The summed E-state index contributed by atoms with van der Waals surface area (Å²) in [6, 6.07) is 0. The molecule has 0 aliphatic carbocycles. The van der Waals surface area contributed by atoms with Crippen LogP contribution in [0.5, 0.6) is 0 Å². The minimum atomic E-state index is -0.269. The Balaban J connectivity index is 4.17. The van der Waals surface area contributed by atoms with E-state index in [2.05, 4.69) is 13.0 Å². The highest BCUT2D eigenvalue weighted by atomic mass is 19.1. The number of hydrogen-bond donors (Lipinski definition) is 0. The molecule has 0 aromatic carbocycles. The van der Waals surface area contributed by atoms with Crippen LogP contribution in [0.2, 0.25) is 0 Å². The largest absolute Gasteiger partial charge is 0.250 e. The molecule has 1 heteroatoms. The smallest absolute Gasteiger partial charge is 0.0982 e. The fourth-order valence-electron chi connectivity index (χ4n) is 0.688. The molecule has 0 saturated heterocycles. The summed E-state index contributed by atoms with van der Waals surface area (Å²) in [6.07, 6.45) is 3.08. The third-order valence-electron chi connectivity index (χ3n) is 1.91. The molecule has 0 nitrogen and oxygen atoms in total. The summed E-state index contributed by atoms with van der Waals surface area (Å²) in [5, 5.41) is 0. The van der Waals surface area contributed by atoms with Crippen LogP contribution in [-0.2, 0) is 0 Å².